The van der Waals surface area contributed by atoms with Crippen LogP contribution in [0.4, 0.5) is 4.39 Å². The molecule has 0 heterocycles. The molecule has 1 aliphatic rings. The normalized spacial score (nSPS) is 18.7. The Kier molecular flexibility index (Phi) is 7.03. The van der Waals surface area contributed by atoms with Gasteiger partial charge in [0.1, 0.15) is 5.82 Å². The minimum Gasteiger partial charge on any atom is -0.206 e. The highest BCUT2D eigenvalue weighted by Crippen LogP contribution is 2.39. The molecule has 3 aromatic rings. The van der Waals surface area contributed by atoms with Gasteiger partial charge in [0.15, 0.2) is 0 Å². The highest BCUT2D eigenvalue weighted by Gasteiger charge is 2.22. The summed E-state index contributed by atoms with van der Waals surface area (Å²) in [7, 11) is 0. The molecule has 0 atom stereocenters. The lowest BCUT2D eigenvalue weighted by Gasteiger charge is -2.29. The number of hydrogen-bond acceptors (Lipinski definition) is 1. The quantitative estimate of drug-likeness (QED) is 0.355. The molecule has 0 bridgehead atoms. The van der Waals surface area contributed by atoms with Crippen LogP contribution < -0.4 is 0 Å². The van der Waals surface area contributed by atoms with E-state index in [1.807, 2.05) is 30.3 Å². The Morgan fingerprint density at radius 3 is 2.39 bits per heavy atom. The SMILES string of the molecule is CCCCCCC1CCC(c2ccc3c(F)c(-c4ccc(C#N)cc4)ccc3c2)CC1. The van der Waals surface area contributed by atoms with Gasteiger partial charge in [0.2, 0.25) is 0 Å². The molecular weight excluding hydrogens is 381 g/mol. The van der Waals surface area contributed by atoms with Crippen LogP contribution in [0.5, 0.6) is 0 Å². The van der Waals surface area contributed by atoms with Crippen LogP contribution in [0.2, 0.25) is 0 Å². The zero-order chi connectivity index (χ0) is 21.6. The zero-order valence-corrected chi connectivity index (χ0v) is 18.5. The first kappa shape index (κ1) is 21.6. The van der Waals surface area contributed by atoms with Crippen LogP contribution in [0.25, 0.3) is 21.9 Å². The van der Waals surface area contributed by atoms with Crippen molar-refractivity contribution >= 4 is 10.8 Å². The van der Waals surface area contributed by atoms with Gasteiger partial charge in [-0.1, -0.05) is 81.5 Å². The van der Waals surface area contributed by atoms with Gasteiger partial charge in [-0.15, -0.1) is 0 Å². The first-order valence-electron chi connectivity index (χ1n) is 11.9. The Morgan fingerprint density at radius 2 is 1.68 bits per heavy atom. The number of rotatable bonds is 7. The van der Waals surface area contributed by atoms with E-state index in [4.69, 9.17) is 5.26 Å². The average Bonchev–Trinajstić information content (AvgIpc) is 2.82. The molecule has 160 valence electrons. The Morgan fingerprint density at radius 1 is 0.903 bits per heavy atom. The van der Waals surface area contributed by atoms with Gasteiger partial charge in [0.25, 0.3) is 0 Å². The molecule has 1 saturated carbocycles. The summed E-state index contributed by atoms with van der Waals surface area (Å²) in [6.45, 7) is 2.27. The van der Waals surface area contributed by atoms with Gasteiger partial charge < -0.3 is 0 Å². The summed E-state index contributed by atoms with van der Waals surface area (Å²) in [5, 5.41) is 10.6. The van der Waals surface area contributed by atoms with Gasteiger partial charge >= 0.3 is 0 Å². The minimum absolute atomic E-state index is 0.176. The summed E-state index contributed by atoms with van der Waals surface area (Å²) in [5.74, 6) is 1.34. The number of benzene rings is 3. The van der Waals surface area contributed by atoms with E-state index >= 15 is 4.39 Å². The summed E-state index contributed by atoms with van der Waals surface area (Å²) < 4.78 is 15.3. The molecule has 1 nitrogen and oxygen atoms in total. The fourth-order valence-electron chi connectivity index (χ4n) is 5.16. The first-order chi connectivity index (χ1) is 15.2. The molecule has 0 amide bonds. The Hall–Kier alpha value is -2.66. The van der Waals surface area contributed by atoms with E-state index in [2.05, 4.69) is 25.1 Å². The number of nitrogens with zero attached hydrogens (tertiary/aromatic N) is 1. The van der Waals surface area contributed by atoms with Gasteiger partial charge in [-0.2, -0.15) is 5.26 Å². The number of halogens is 1. The third-order valence-corrected chi connectivity index (χ3v) is 7.09. The van der Waals surface area contributed by atoms with Gasteiger partial charge in [-0.05, 0) is 66.2 Å². The average molecular weight is 414 g/mol. The van der Waals surface area contributed by atoms with E-state index in [1.54, 1.807) is 12.1 Å². The number of fused-ring (bicyclic) bond motifs is 1. The van der Waals surface area contributed by atoms with Gasteiger partial charge in [-0.3, -0.25) is 0 Å². The standard InChI is InChI=1S/C29H32FN/c1-2-3-4-5-6-21-7-11-23(12-8-21)25-15-17-28-26(19-25)16-18-27(29(28)30)24-13-9-22(20-31)10-14-24/h9-10,13-19,21,23H,2-8,11-12H2,1H3. The summed E-state index contributed by atoms with van der Waals surface area (Å²) in [6.07, 6.45) is 12.0. The van der Waals surface area contributed by atoms with Crippen molar-refractivity contribution in [2.75, 3.05) is 0 Å². The molecule has 0 aliphatic heterocycles. The highest BCUT2D eigenvalue weighted by atomic mass is 19.1. The highest BCUT2D eigenvalue weighted by molar-refractivity contribution is 5.89. The minimum atomic E-state index is -0.176. The van der Waals surface area contributed by atoms with Crippen molar-refractivity contribution in [3.05, 3.63) is 71.5 Å². The molecule has 0 N–H and O–H groups in total. The fourth-order valence-corrected chi connectivity index (χ4v) is 5.16. The molecule has 0 radical (unpaired) electrons. The molecule has 3 aromatic carbocycles. The lowest BCUT2D eigenvalue weighted by Crippen LogP contribution is -2.13. The maximum Gasteiger partial charge on any atom is 0.138 e. The lowest BCUT2D eigenvalue weighted by atomic mass is 9.76. The summed E-state index contributed by atoms with van der Waals surface area (Å²) in [6, 6.07) is 19.4. The van der Waals surface area contributed by atoms with E-state index < -0.39 is 0 Å². The molecule has 0 aromatic heterocycles. The predicted octanol–water partition coefficient (Wildman–Crippen LogP) is 8.76. The van der Waals surface area contributed by atoms with Crippen LogP contribution in [0.1, 0.15) is 81.8 Å². The van der Waals surface area contributed by atoms with E-state index in [0.717, 1.165) is 16.9 Å². The topological polar surface area (TPSA) is 23.8 Å². The maximum absolute atomic E-state index is 15.3. The number of unbranched alkanes of at least 4 members (excludes halogenated alkanes) is 3. The molecule has 0 spiro atoms. The summed E-state index contributed by atoms with van der Waals surface area (Å²) >= 11 is 0. The Balaban J connectivity index is 1.46. The smallest absolute Gasteiger partial charge is 0.138 e. The Bertz CT molecular complexity index is 1050. The van der Waals surface area contributed by atoms with Crippen molar-refractivity contribution in [2.24, 2.45) is 5.92 Å². The van der Waals surface area contributed by atoms with E-state index in [-0.39, 0.29) is 5.82 Å². The van der Waals surface area contributed by atoms with Crippen molar-refractivity contribution < 1.29 is 4.39 Å². The van der Waals surface area contributed by atoms with Crippen molar-refractivity contribution in [2.45, 2.75) is 70.6 Å². The molecule has 0 unspecified atom stereocenters. The summed E-state index contributed by atoms with van der Waals surface area (Å²) in [5.41, 5.74) is 3.35. The largest absolute Gasteiger partial charge is 0.206 e. The lowest BCUT2D eigenvalue weighted by molar-refractivity contribution is 0.302. The third-order valence-electron chi connectivity index (χ3n) is 7.09. The molecule has 2 heteroatoms. The van der Waals surface area contributed by atoms with Crippen LogP contribution >= 0.6 is 0 Å². The van der Waals surface area contributed by atoms with Crippen molar-refractivity contribution in [3.8, 4) is 17.2 Å². The molecule has 1 aliphatic carbocycles. The molecule has 31 heavy (non-hydrogen) atoms. The number of nitriles is 1. The van der Waals surface area contributed by atoms with Crippen LogP contribution in [0, 0.1) is 23.1 Å². The maximum atomic E-state index is 15.3. The fraction of sp³-hybridized carbons (Fsp3) is 0.414. The number of hydrogen-bond donors (Lipinski definition) is 0. The van der Waals surface area contributed by atoms with E-state index in [9.17, 15) is 0 Å². The van der Waals surface area contributed by atoms with Crippen LogP contribution in [0.15, 0.2) is 54.6 Å². The Labute approximate surface area is 185 Å². The van der Waals surface area contributed by atoms with Crippen LogP contribution in [-0.4, -0.2) is 0 Å². The van der Waals surface area contributed by atoms with Gasteiger partial charge in [0, 0.05) is 10.9 Å². The van der Waals surface area contributed by atoms with Crippen molar-refractivity contribution in [1.82, 2.24) is 0 Å². The van der Waals surface area contributed by atoms with Gasteiger partial charge in [-0.25, -0.2) is 4.39 Å². The van der Waals surface area contributed by atoms with Crippen molar-refractivity contribution in [3.63, 3.8) is 0 Å². The van der Waals surface area contributed by atoms with E-state index in [1.165, 1.54) is 63.4 Å². The monoisotopic (exact) mass is 413 g/mol. The van der Waals surface area contributed by atoms with E-state index in [0.29, 0.717) is 22.4 Å². The second kappa shape index (κ2) is 10.1. The van der Waals surface area contributed by atoms with Crippen LogP contribution in [-0.2, 0) is 0 Å². The molecule has 0 saturated heterocycles. The third kappa shape index (κ3) is 4.99. The summed E-state index contributed by atoms with van der Waals surface area (Å²) in [4.78, 5) is 0. The molecular formula is C29H32FN. The molecule has 4 rings (SSSR count). The second-order valence-electron chi connectivity index (χ2n) is 9.16. The van der Waals surface area contributed by atoms with Crippen molar-refractivity contribution in [1.29, 1.82) is 5.26 Å². The zero-order valence-electron chi connectivity index (χ0n) is 18.5. The molecule has 1 fully saturated rings. The van der Waals surface area contributed by atoms with Gasteiger partial charge in [0.05, 0.1) is 11.6 Å². The van der Waals surface area contributed by atoms with Crippen LogP contribution in [0.3, 0.4) is 0 Å². The second-order valence-corrected chi connectivity index (χ2v) is 9.16. The first-order valence-corrected chi connectivity index (χ1v) is 11.9. The predicted molar refractivity (Wildman–Crippen MR) is 128 cm³/mol.